The fourth-order valence-electron chi connectivity index (χ4n) is 4.42. The van der Waals surface area contributed by atoms with Gasteiger partial charge in [0.05, 0.1) is 5.60 Å². The van der Waals surface area contributed by atoms with Crippen molar-refractivity contribution in [2.45, 2.75) is 82.4 Å². The minimum Gasteiger partial charge on any atom is -0.375 e. The van der Waals surface area contributed by atoms with Gasteiger partial charge in [-0.25, -0.2) is 4.79 Å². The van der Waals surface area contributed by atoms with E-state index in [0.717, 1.165) is 32.4 Å². The Kier molecular flexibility index (Phi) is 5.81. The van der Waals surface area contributed by atoms with Crippen molar-refractivity contribution in [3.63, 3.8) is 0 Å². The standard InChI is InChI=1S/C18H33N3O2/c1-15(6-12-21-10-4-5-11-21)19-17(22)20-16-7-13-23-18(14-16)8-2-3-9-18/h15-16H,2-14H2,1H3,(H2,19,20,22)/t15-,16-/m1/s1. The number of rotatable bonds is 5. The SMILES string of the molecule is C[C@H](CCN1CCCC1)NC(=O)N[C@@H]1CCOC2(CCCC2)C1. The molecule has 3 rings (SSSR count). The van der Waals surface area contributed by atoms with Crippen molar-refractivity contribution in [2.75, 3.05) is 26.2 Å². The van der Waals surface area contributed by atoms with Crippen LogP contribution < -0.4 is 10.6 Å². The third-order valence-electron chi connectivity index (χ3n) is 5.80. The summed E-state index contributed by atoms with van der Waals surface area (Å²) in [6.45, 7) is 6.45. The normalized spacial score (nSPS) is 28.8. The number of hydrogen-bond acceptors (Lipinski definition) is 3. The van der Waals surface area contributed by atoms with Crippen LogP contribution in [0.1, 0.15) is 64.7 Å². The number of nitrogens with one attached hydrogen (secondary N) is 2. The van der Waals surface area contributed by atoms with Gasteiger partial charge in [-0.2, -0.15) is 0 Å². The van der Waals surface area contributed by atoms with Gasteiger partial charge in [-0.3, -0.25) is 0 Å². The molecule has 2 atom stereocenters. The highest BCUT2D eigenvalue weighted by Gasteiger charge is 2.40. The Morgan fingerprint density at radius 2 is 2.00 bits per heavy atom. The molecular formula is C18H33N3O2. The molecule has 0 bridgehead atoms. The Bertz CT molecular complexity index is 390. The van der Waals surface area contributed by atoms with E-state index < -0.39 is 0 Å². The first kappa shape index (κ1) is 17.0. The molecule has 0 aromatic rings. The van der Waals surface area contributed by atoms with Gasteiger partial charge in [0.2, 0.25) is 0 Å². The Labute approximate surface area is 140 Å². The van der Waals surface area contributed by atoms with Crippen LogP contribution in [0.2, 0.25) is 0 Å². The number of carbonyl (C=O) groups is 1. The summed E-state index contributed by atoms with van der Waals surface area (Å²) in [5, 5.41) is 6.30. The topological polar surface area (TPSA) is 53.6 Å². The monoisotopic (exact) mass is 323 g/mol. The van der Waals surface area contributed by atoms with Crippen molar-refractivity contribution in [1.29, 1.82) is 0 Å². The molecule has 1 spiro atoms. The van der Waals surface area contributed by atoms with Crippen molar-refractivity contribution in [2.24, 2.45) is 0 Å². The molecule has 2 amide bonds. The summed E-state index contributed by atoms with van der Waals surface area (Å²) in [6.07, 6.45) is 10.5. The van der Waals surface area contributed by atoms with E-state index >= 15 is 0 Å². The van der Waals surface area contributed by atoms with Gasteiger partial charge < -0.3 is 20.3 Å². The first-order valence-electron chi connectivity index (χ1n) is 9.59. The number of carbonyl (C=O) groups excluding carboxylic acids is 1. The molecule has 0 unspecified atom stereocenters. The lowest BCUT2D eigenvalue weighted by Gasteiger charge is -2.38. The molecule has 2 N–H and O–H groups in total. The van der Waals surface area contributed by atoms with Gasteiger partial charge >= 0.3 is 6.03 Å². The second-order valence-electron chi connectivity index (χ2n) is 7.78. The van der Waals surface area contributed by atoms with Crippen molar-refractivity contribution >= 4 is 6.03 Å². The number of likely N-dealkylation sites (tertiary alicyclic amines) is 1. The van der Waals surface area contributed by atoms with Crippen LogP contribution in [0.3, 0.4) is 0 Å². The van der Waals surface area contributed by atoms with E-state index in [1.54, 1.807) is 0 Å². The maximum Gasteiger partial charge on any atom is 0.315 e. The van der Waals surface area contributed by atoms with E-state index in [0.29, 0.717) is 0 Å². The molecular weight excluding hydrogens is 290 g/mol. The Morgan fingerprint density at radius 3 is 2.74 bits per heavy atom. The average Bonchev–Trinajstić information content (AvgIpc) is 3.17. The lowest BCUT2D eigenvalue weighted by molar-refractivity contribution is -0.0820. The minimum absolute atomic E-state index is 0.000955. The zero-order valence-electron chi connectivity index (χ0n) is 14.6. The molecule has 0 radical (unpaired) electrons. The lowest BCUT2D eigenvalue weighted by Crippen LogP contribution is -2.51. The molecule has 2 heterocycles. The first-order valence-corrected chi connectivity index (χ1v) is 9.59. The van der Waals surface area contributed by atoms with Gasteiger partial charge in [-0.05, 0) is 65.0 Å². The van der Waals surface area contributed by atoms with E-state index in [-0.39, 0.29) is 23.7 Å². The van der Waals surface area contributed by atoms with Crippen LogP contribution in [0.15, 0.2) is 0 Å². The van der Waals surface area contributed by atoms with Gasteiger partial charge in [0.1, 0.15) is 0 Å². The van der Waals surface area contributed by atoms with Gasteiger partial charge in [-0.1, -0.05) is 12.8 Å². The zero-order valence-corrected chi connectivity index (χ0v) is 14.6. The first-order chi connectivity index (χ1) is 11.2. The van der Waals surface area contributed by atoms with Crippen LogP contribution in [0.5, 0.6) is 0 Å². The molecule has 3 fully saturated rings. The summed E-state index contributed by atoms with van der Waals surface area (Å²) in [6, 6.07) is 0.502. The van der Waals surface area contributed by atoms with Crippen LogP contribution in [0.25, 0.3) is 0 Å². The summed E-state index contributed by atoms with van der Waals surface area (Å²) < 4.78 is 6.04. The third kappa shape index (κ3) is 4.83. The van der Waals surface area contributed by atoms with Crippen LogP contribution in [0, 0.1) is 0 Å². The van der Waals surface area contributed by atoms with Crippen molar-refractivity contribution < 1.29 is 9.53 Å². The lowest BCUT2D eigenvalue weighted by atomic mass is 9.89. The molecule has 1 saturated carbocycles. The Hall–Kier alpha value is -0.810. The van der Waals surface area contributed by atoms with E-state index in [4.69, 9.17) is 4.74 Å². The Balaban J connectivity index is 1.36. The van der Waals surface area contributed by atoms with Crippen LogP contribution >= 0.6 is 0 Å². The maximum absolute atomic E-state index is 12.2. The predicted octanol–water partition coefficient (Wildman–Crippen LogP) is 2.65. The van der Waals surface area contributed by atoms with E-state index in [9.17, 15) is 4.79 Å². The summed E-state index contributed by atoms with van der Waals surface area (Å²) >= 11 is 0. The zero-order chi connectivity index (χ0) is 16.1. The fourth-order valence-corrected chi connectivity index (χ4v) is 4.42. The molecule has 132 valence electrons. The summed E-state index contributed by atoms with van der Waals surface area (Å²) in [5.74, 6) is 0. The fraction of sp³-hybridized carbons (Fsp3) is 0.944. The number of ether oxygens (including phenoxy) is 1. The molecule has 3 aliphatic rings. The van der Waals surface area contributed by atoms with Gasteiger partial charge in [0.15, 0.2) is 0 Å². The average molecular weight is 323 g/mol. The van der Waals surface area contributed by atoms with E-state index in [2.05, 4.69) is 22.5 Å². The molecule has 1 aliphatic carbocycles. The summed E-state index contributed by atoms with van der Waals surface area (Å²) in [5.41, 5.74) is 0.0670. The van der Waals surface area contributed by atoms with Crippen LogP contribution in [0.4, 0.5) is 4.79 Å². The number of nitrogens with zero attached hydrogens (tertiary/aromatic N) is 1. The largest absolute Gasteiger partial charge is 0.375 e. The van der Waals surface area contributed by atoms with Crippen LogP contribution in [-0.2, 0) is 4.74 Å². The van der Waals surface area contributed by atoms with Crippen molar-refractivity contribution in [3.05, 3.63) is 0 Å². The minimum atomic E-state index is -0.000955. The number of hydrogen-bond donors (Lipinski definition) is 2. The quantitative estimate of drug-likeness (QED) is 0.818. The van der Waals surface area contributed by atoms with E-state index in [1.807, 2.05) is 0 Å². The predicted molar refractivity (Wildman–Crippen MR) is 91.6 cm³/mol. The highest BCUT2D eigenvalue weighted by molar-refractivity contribution is 5.74. The highest BCUT2D eigenvalue weighted by atomic mass is 16.5. The summed E-state index contributed by atoms with van der Waals surface area (Å²) in [4.78, 5) is 14.7. The molecule has 23 heavy (non-hydrogen) atoms. The summed E-state index contributed by atoms with van der Waals surface area (Å²) in [7, 11) is 0. The molecule has 2 saturated heterocycles. The molecule has 2 aliphatic heterocycles. The van der Waals surface area contributed by atoms with Crippen molar-refractivity contribution in [3.8, 4) is 0 Å². The third-order valence-corrected chi connectivity index (χ3v) is 5.80. The Morgan fingerprint density at radius 1 is 1.26 bits per heavy atom. The second kappa shape index (κ2) is 7.84. The molecule has 0 aromatic carbocycles. The molecule has 5 nitrogen and oxygen atoms in total. The second-order valence-corrected chi connectivity index (χ2v) is 7.78. The molecule has 5 heteroatoms. The van der Waals surface area contributed by atoms with Gasteiger partial charge in [-0.15, -0.1) is 0 Å². The molecule has 0 aromatic heterocycles. The smallest absolute Gasteiger partial charge is 0.315 e. The maximum atomic E-state index is 12.2. The van der Waals surface area contributed by atoms with Crippen LogP contribution in [-0.4, -0.2) is 54.9 Å². The van der Waals surface area contributed by atoms with Gasteiger partial charge in [0.25, 0.3) is 0 Å². The highest BCUT2D eigenvalue weighted by Crippen LogP contribution is 2.39. The van der Waals surface area contributed by atoms with E-state index in [1.165, 1.54) is 51.6 Å². The number of amides is 2. The number of urea groups is 1. The van der Waals surface area contributed by atoms with Crippen molar-refractivity contribution in [1.82, 2.24) is 15.5 Å². The van der Waals surface area contributed by atoms with Gasteiger partial charge in [0, 0.05) is 25.2 Å².